The molecule has 2 nitrogen and oxygen atoms in total. The van der Waals surface area contributed by atoms with Crippen LogP contribution in [0.3, 0.4) is 0 Å². The molecule has 1 aliphatic rings. The van der Waals surface area contributed by atoms with E-state index < -0.39 is 0 Å². The summed E-state index contributed by atoms with van der Waals surface area (Å²) in [5, 5.41) is 4.66. The molecule has 0 bridgehead atoms. The number of hydrogen-bond donors (Lipinski definition) is 2. The predicted octanol–water partition coefficient (Wildman–Crippen LogP) is 1.82. The largest absolute Gasteiger partial charge is 0.357 e. The number of H-pyrrole nitrogens is 1. The molecule has 65 valence electrons. The van der Waals surface area contributed by atoms with Gasteiger partial charge in [-0.05, 0) is 11.6 Å². The molecule has 0 unspecified atom stereocenters. The fourth-order valence-corrected chi connectivity index (χ4v) is 1.96. The lowest BCUT2D eigenvalue weighted by atomic mass is 10.1. The molecule has 0 saturated carbocycles. The molecule has 1 radical (unpaired) electrons. The van der Waals surface area contributed by atoms with E-state index in [2.05, 4.69) is 41.0 Å². The fourth-order valence-electron chi connectivity index (χ4n) is 1.96. The third-order valence-electron chi connectivity index (χ3n) is 2.58. The lowest BCUT2D eigenvalue weighted by molar-refractivity contribution is 0.699. The van der Waals surface area contributed by atoms with Crippen LogP contribution >= 0.6 is 0 Å². The number of aromatic nitrogens is 1. The second-order valence-corrected chi connectivity index (χ2v) is 3.40. The lowest BCUT2D eigenvalue weighted by Gasteiger charge is -2.11. The molecule has 0 fully saturated rings. The Morgan fingerprint density at radius 1 is 1.15 bits per heavy atom. The van der Waals surface area contributed by atoms with Crippen LogP contribution in [0.15, 0.2) is 24.3 Å². The Balaban J connectivity index is 2.34. The first-order chi connectivity index (χ1) is 6.45. The van der Waals surface area contributed by atoms with Crippen LogP contribution < -0.4 is 5.32 Å². The highest BCUT2D eigenvalue weighted by Gasteiger charge is 2.13. The normalized spacial score (nSPS) is 16.0. The van der Waals surface area contributed by atoms with Gasteiger partial charge in [0, 0.05) is 36.1 Å². The first kappa shape index (κ1) is 7.15. The first-order valence-electron chi connectivity index (χ1n) is 4.58. The maximum atomic E-state index is 3.42. The number of rotatable bonds is 0. The van der Waals surface area contributed by atoms with Gasteiger partial charge in [0.2, 0.25) is 0 Å². The summed E-state index contributed by atoms with van der Waals surface area (Å²) in [5.74, 6) is 0. The van der Waals surface area contributed by atoms with Crippen molar-refractivity contribution >= 4 is 10.9 Å². The molecule has 2 heterocycles. The van der Waals surface area contributed by atoms with Crippen molar-refractivity contribution in [3.05, 3.63) is 41.9 Å². The zero-order chi connectivity index (χ0) is 8.67. The standard InChI is InChI=1S/C11H11N2/c1-2-4-10-8(3-1)9-5-6-12-7-11(9)13-10/h1-5,12-13H,6-7H2. The van der Waals surface area contributed by atoms with Gasteiger partial charge in [-0.2, -0.15) is 0 Å². The summed E-state index contributed by atoms with van der Waals surface area (Å²) < 4.78 is 0. The third-order valence-corrected chi connectivity index (χ3v) is 2.58. The molecule has 2 N–H and O–H groups in total. The van der Waals surface area contributed by atoms with Crippen LogP contribution in [-0.4, -0.2) is 11.5 Å². The lowest BCUT2D eigenvalue weighted by Crippen LogP contribution is -2.21. The van der Waals surface area contributed by atoms with Crippen molar-refractivity contribution < 1.29 is 0 Å². The Bertz CT molecular complexity index is 442. The van der Waals surface area contributed by atoms with E-state index in [-0.39, 0.29) is 0 Å². The number of aromatic amines is 1. The summed E-state index contributed by atoms with van der Waals surface area (Å²) in [4.78, 5) is 3.42. The van der Waals surface area contributed by atoms with Crippen LogP contribution in [0.5, 0.6) is 0 Å². The molecular weight excluding hydrogens is 160 g/mol. The summed E-state index contributed by atoms with van der Waals surface area (Å²) in [6.45, 7) is 1.94. The number of fused-ring (bicyclic) bond motifs is 3. The molecule has 0 amide bonds. The number of nitrogens with one attached hydrogen (secondary N) is 2. The second-order valence-electron chi connectivity index (χ2n) is 3.40. The maximum Gasteiger partial charge on any atom is 0.0459 e. The van der Waals surface area contributed by atoms with E-state index in [0.29, 0.717) is 0 Å². The molecule has 1 aliphatic heterocycles. The van der Waals surface area contributed by atoms with Gasteiger partial charge in [-0.3, -0.25) is 0 Å². The van der Waals surface area contributed by atoms with E-state index >= 15 is 0 Å². The maximum absolute atomic E-state index is 3.42. The Morgan fingerprint density at radius 3 is 3.08 bits per heavy atom. The zero-order valence-corrected chi connectivity index (χ0v) is 7.30. The highest BCUT2D eigenvalue weighted by molar-refractivity contribution is 5.86. The molecule has 0 aliphatic carbocycles. The van der Waals surface area contributed by atoms with Crippen molar-refractivity contribution in [1.29, 1.82) is 0 Å². The van der Waals surface area contributed by atoms with Crippen molar-refractivity contribution in [1.82, 2.24) is 10.3 Å². The molecule has 1 aromatic carbocycles. The van der Waals surface area contributed by atoms with E-state index in [1.54, 1.807) is 0 Å². The zero-order valence-electron chi connectivity index (χ0n) is 7.30. The molecular formula is C11H11N2. The van der Waals surface area contributed by atoms with Gasteiger partial charge < -0.3 is 10.3 Å². The van der Waals surface area contributed by atoms with Crippen LogP contribution in [0.2, 0.25) is 0 Å². The Morgan fingerprint density at radius 2 is 2.08 bits per heavy atom. The Hall–Kier alpha value is -1.28. The van der Waals surface area contributed by atoms with E-state index in [1.807, 2.05) is 0 Å². The van der Waals surface area contributed by atoms with Crippen molar-refractivity contribution in [3.8, 4) is 0 Å². The molecule has 1 aromatic heterocycles. The summed E-state index contributed by atoms with van der Waals surface area (Å²) in [5.41, 5.74) is 3.94. The van der Waals surface area contributed by atoms with Crippen LogP contribution in [0.1, 0.15) is 11.3 Å². The SMILES string of the molecule is [CH]1CNCc2[nH]c3ccccc3c21. The smallest absolute Gasteiger partial charge is 0.0459 e. The number of hydrogen-bond acceptors (Lipinski definition) is 1. The molecule has 2 heteroatoms. The van der Waals surface area contributed by atoms with Crippen LogP contribution in [0.4, 0.5) is 0 Å². The quantitative estimate of drug-likeness (QED) is 0.621. The molecule has 0 saturated heterocycles. The van der Waals surface area contributed by atoms with Gasteiger partial charge in [-0.15, -0.1) is 0 Å². The average Bonchev–Trinajstić information content (AvgIpc) is 2.56. The number of benzene rings is 1. The monoisotopic (exact) mass is 171 g/mol. The van der Waals surface area contributed by atoms with Crippen molar-refractivity contribution in [3.63, 3.8) is 0 Å². The summed E-state index contributed by atoms with van der Waals surface area (Å²) >= 11 is 0. The second kappa shape index (κ2) is 2.60. The molecule has 0 atom stereocenters. The minimum atomic E-state index is 0.959. The van der Waals surface area contributed by atoms with Gasteiger partial charge >= 0.3 is 0 Å². The van der Waals surface area contributed by atoms with E-state index in [4.69, 9.17) is 0 Å². The van der Waals surface area contributed by atoms with Crippen LogP contribution in [0.25, 0.3) is 10.9 Å². The topological polar surface area (TPSA) is 27.8 Å². The molecule has 13 heavy (non-hydrogen) atoms. The highest BCUT2D eigenvalue weighted by atomic mass is 14.9. The minimum Gasteiger partial charge on any atom is -0.357 e. The van der Waals surface area contributed by atoms with Crippen LogP contribution in [-0.2, 0) is 6.54 Å². The van der Waals surface area contributed by atoms with E-state index in [9.17, 15) is 0 Å². The van der Waals surface area contributed by atoms with Crippen molar-refractivity contribution in [2.24, 2.45) is 0 Å². The van der Waals surface area contributed by atoms with Crippen molar-refractivity contribution in [2.45, 2.75) is 6.54 Å². The Kier molecular flexibility index (Phi) is 1.43. The molecule has 2 aromatic rings. The highest BCUT2D eigenvalue weighted by Crippen LogP contribution is 2.25. The summed E-state index contributed by atoms with van der Waals surface area (Å²) in [6.07, 6.45) is 2.25. The van der Waals surface area contributed by atoms with Gasteiger partial charge in [-0.25, -0.2) is 0 Å². The van der Waals surface area contributed by atoms with Gasteiger partial charge in [-0.1, -0.05) is 18.2 Å². The summed E-state index contributed by atoms with van der Waals surface area (Å²) in [6, 6.07) is 8.46. The molecule has 3 rings (SSSR count). The third kappa shape index (κ3) is 0.988. The predicted molar refractivity (Wildman–Crippen MR) is 53.4 cm³/mol. The van der Waals surface area contributed by atoms with E-state index in [1.165, 1.54) is 22.2 Å². The average molecular weight is 171 g/mol. The fraction of sp³-hybridized carbons (Fsp3) is 0.182. The first-order valence-corrected chi connectivity index (χ1v) is 4.58. The van der Waals surface area contributed by atoms with Gasteiger partial charge in [0.05, 0.1) is 0 Å². The van der Waals surface area contributed by atoms with Gasteiger partial charge in [0.1, 0.15) is 0 Å². The Labute approximate surface area is 77.0 Å². The number of para-hydroxylation sites is 1. The van der Waals surface area contributed by atoms with Crippen molar-refractivity contribution in [2.75, 3.05) is 6.54 Å². The summed E-state index contributed by atoms with van der Waals surface area (Å²) in [7, 11) is 0. The minimum absolute atomic E-state index is 0.959. The molecule has 0 spiro atoms. The van der Waals surface area contributed by atoms with E-state index in [0.717, 1.165) is 13.1 Å². The van der Waals surface area contributed by atoms with Gasteiger partial charge in [0.25, 0.3) is 0 Å². The van der Waals surface area contributed by atoms with Crippen LogP contribution in [0, 0.1) is 6.42 Å². The van der Waals surface area contributed by atoms with Gasteiger partial charge in [0.15, 0.2) is 0 Å².